The maximum absolute atomic E-state index is 9.51. The van der Waals surface area contributed by atoms with Crippen molar-refractivity contribution in [3.63, 3.8) is 0 Å². The molecule has 1 aromatic heterocycles. The van der Waals surface area contributed by atoms with Gasteiger partial charge in [0.15, 0.2) is 0 Å². The van der Waals surface area contributed by atoms with Gasteiger partial charge < -0.3 is 9.67 Å². The lowest BCUT2D eigenvalue weighted by molar-refractivity contribution is 0.470. The van der Waals surface area contributed by atoms with E-state index >= 15 is 0 Å². The van der Waals surface area contributed by atoms with Crippen molar-refractivity contribution in [1.29, 1.82) is 0 Å². The first kappa shape index (κ1) is 8.88. The monoisotopic (exact) mass is 187 g/mol. The molecule has 2 nitrogen and oxygen atoms in total. The Bertz CT molecular complexity index is 444. The molecule has 1 N–H and O–H groups in total. The highest BCUT2D eigenvalue weighted by Gasteiger charge is 2.03. The number of aryl methyl sites for hydroxylation is 2. The van der Waals surface area contributed by atoms with Gasteiger partial charge in [0.2, 0.25) is 0 Å². The summed E-state index contributed by atoms with van der Waals surface area (Å²) in [5, 5.41) is 9.51. The fourth-order valence-electron chi connectivity index (χ4n) is 1.56. The van der Waals surface area contributed by atoms with Gasteiger partial charge in [0.1, 0.15) is 5.75 Å². The van der Waals surface area contributed by atoms with Crippen molar-refractivity contribution in [3.8, 4) is 11.4 Å². The third-order valence-corrected chi connectivity index (χ3v) is 2.40. The minimum atomic E-state index is 0.360. The fraction of sp³-hybridized carbons (Fsp3) is 0.167. The number of nitrogens with zero attached hydrogens (tertiary/aromatic N) is 1. The molecular formula is C12H13NO. The zero-order valence-electron chi connectivity index (χ0n) is 8.36. The van der Waals surface area contributed by atoms with Crippen LogP contribution in [0.3, 0.4) is 0 Å². The Hall–Kier alpha value is -1.70. The van der Waals surface area contributed by atoms with Gasteiger partial charge in [-0.15, -0.1) is 0 Å². The van der Waals surface area contributed by atoms with Crippen LogP contribution in [0.25, 0.3) is 5.69 Å². The summed E-state index contributed by atoms with van der Waals surface area (Å²) in [5.41, 5.74) is 3.09. The van der Waals surface area contributed by atoms with Crippen molar-refractivity contribution in [1.82, 2.24) is 4.57 Å². The van der Waals surface area contributed by atoms with Crippen LogP contribution in [-0.2, 0) is 0 Å². The summed E-state index contributed by atoms with van der Waals surface area (Å²) in [6.07, 6.45) is 4.00. The maximum atomic E-state index is 9.51. The third kappa shape index (κ3) is 1.39. The Balaban J connectivity index is 2.60. The highest BCUT2D eigenvalue weighted by Crippen LogP contribution is 2.23. The Morgan fingerprint density at radius 2 is 1.64 bits per heavy atom. The van der Waals surface area contributed by atoms with E-state index in [2.05, 4.69) is 0 Å². The molecule has 0 bridgehead atoms. The minimum Gasteiger partial charge on any atom is -0.508 e. The van der Waals surface area contributed by atoms with E-state index in [-0.39, 0.29) is 0 Å². The van der Waals surface area contributed by atoms with Gasteiger partial charge >= 0.3 is 0 Å². The average Bonchev–Trinajstić information content (AvgIpc) is 2.64. The van der Waals surface area contributed by atoms with E-state index in [4.69, 9.17) is 0 Å². The van der Waals surface area contributed by atoms with Crippen LogP contribution < -0.4 is 0 Å². The molecular weight excluding hydrogens is 174 g/mol. The number of aromatic hydroxyl groups is 1. The SMILES string of the molecule is Cc1cc(-n2cccc2)c(C)cc1O. The number of hydrogen-bond acceptors (Lipinski definition) is 1. The van der Waals surface area contributed by atoms with Crippen LogP contribution >= 0.6 is 0 Å². The van der Waals surface area contributed by atoms with E-state index in [0.717, 1.165) is 16.8 Å². The molecule has 0 amide bonds. The molecule has 0 atom stereocenters. The second-order valence-corrected chi connectivity index (χ2v) is 3.52. The molecule has 2 heteroatoms. The Kier molecular flexibility index (Phi) is 2.04. The molecule has 0 saturated heterocycles. The van der Waals surface area contributed by atoms with Gasteiger partial charge in [-0.25, -0.2) is 0 Å². The zero-order valence-corrected chi connectivity index (χ0v) is 8.36. The lowest BCUT2D eigenvalue weighted by Crippen LogP contribution is -1.94. The quantitative estimate of drug-likeness (QED) is 0.729. The summed E-state index contributed by atoms with van der Waals surface area (Å²) in [4.78, 5) is 0. The molecule has 2 aromatic rings. The molecule has 14 heavy (non-hydrogen) atoms. The molecule has 0 unspecified atom stereocenters. The predicted octanol–water partition coefficient (Wildman–Crippen LogP) is 2.80. The van der Waals surface area contributed by atoms with Gasteiger partial charge in [-0.05, 0) is 49.2 Å². The average molecular weight is 187 g/mol. The maximum Gasteiger partial charge on any atom is 0.118 e. The normalized spacial score (nSPS) is 10.4. The van der Waals surface area contributed by atoms with Gasteiger partial charge in [0.05, 0.1) is 0 Å². The van der Waals surface area contributed by atoms with E-state index in [0.29, 0.717) is 5.75 Å². The van der Waals surface area contributed by atoms with Crippen molar-refractivity contribution >= 4 is 0 Å². The lowest BCUT2D eigenvalue weighted by atomic mass is 10.1. The first-order valence-corrected chi connectivity index (χ1v) is 4.62. The topological polar surface area (TPSA) is 25.2 Å². The Morgan fingerprint density at radius 1 is 1.00 bits per heavy atom. The van der Waals surface area contributed by atoms with E-state index in [1.54, 1.807) is 6.07 Å². The van der Waals surface area contributed by atoms with Crippen molar-refractivity contribution in [2.45, 2.75) is 13.8 Å². The molecule has 1 heterocycles. The minimum absolute atomic E-state index is 0.360. The molecule has 0 aliphatic rings. The summed E-state index contributed by atoms with van der Waals surface area (Å²) in [6.45, 7) is 3.90. The second kappa shape index (κ2) is 3.22. The number of rotatable bonds is 1. The van der Waals surface area contributed by atoms with Crippen LogP contribution in [0.4, 0.5) is 0 Å². The molecule has 0 aliphatic heterocycles. The van der Waals surface area contributed by atoms with Crippen molar-refractivity contribution in [2.75, 3.05) is 0 Å². The Morgan fingerprint density at radius 3 is 2.29 bits per heavy atom. The fourth-order valence-corrected chi connectivity index (χ4v) is 1.56. The molecule has 0 fully saturated rings. The van der Waals surface area contributed by atoms with Gasteiger partial charge in [0, 0.05) is 18.1 Å². The number of aromatic nitrogens is 1. The van der Waals surface area contributed by atoms with Gasteiger partial charge in [-0.3, -0.25) is 0 Å². The van der Waals surface area contributed by atoms with Gasteiger partial charge in [0.25, 0.3) is 0 Å². The van der Waals surface area contributed by atoms with E-state index in [9.17, 15) is 5.11 Å². The highest BCUT2D eigenvalue weighted by molar-refractivity contribution is 5.49. The standard InChI is InChI=1S/C12H13NO/c1-9-8-12(14)10(2)7-11(9)13-5-3-4-6-13/h3-8,14H,1-2H3. The van der Waals surface area contributed by atoms with Crippen molar-refractivity contribution in [3.05, 3.63) is 47.8 Å². The molecule has 1 aromatic carbocycles. The first-order chi connectivity index (χ1) is 6.68. The van der Waals surface area contributed by atoms with Crippen molar-refractivity contribution in [2.24, 2.45) is 0 Å². The number of phenols is 1. The summed E-state index contributed by atoms with van der Waals surface area (Å²) in [7, 11) is 0. The number of benzene rings is 1. The van der Waals surface area contributed by atoms with Crippen LogP contribution in [0.15, 0.2) is 36.7 Å². The highest BCUT2D eigenvalue weighted by atomic mass is 16.3. The lowest BCUT2D eigenvalue weighted by Gasteiger charge is -2.09. The summed E-state index contributed by atoms with van der Waals surface area (Å²) in [5.74, 6) is 0.360. The molecule has 0 saturated carbocycles. The van der Waals surface area contributed by atoms with Crippen LogP contribution in [-0.4, -0.2) is 9.67 Å². The number of hydrogen-bond donors (Lipinski definition) is 1. The van der Waals surface area contributed by atoms with E-state index in [1.807, 2.05) is 49.0 Å². The van der Waals surface area contributed by atoms with E-state index < -0.39 is 0 Å². The molecule has 0 spiro atoms. The van der Waals surface area contributed by atoms with Crippen LogP contribution in [0.2, 0.25) is 0 Å². The zero-order chi connectivity index (χ0) is 10.1. The van der Waals surface area contributed by atoms with Crippen LogP contribution in [0, 0.1) is 13.8 Å². The van der Waals surface area contributed by atoms with Crippen LogP contribution in [0.1, 0.15) is 11.1 Å². The summed E-state index contributed by atoms with van der Waals surface area (Å²) in [6, 6.07) is 7.76. The second-order valence-electron chi connectivity index (χ2n) is 3.52. The smallest absolute Gasteiger partial charge is 0.118 e. The van der Waals surface area contributed by atoms with Gasteiger partial charge in [-0.2, -0.15) is 0 Å². The summed E-state index contributed by atoms with van der Waals surface area (Å²) >= 11 is 0. The van der Waals surface area contributed by atoms with Crippen molar-refractivity contribution < 1.29 is 5.11 Å². The molecule has 2 rings (SSSR count). The van der Waals surface area contributed by atoms with E-state index in [1.165, 1.54) is 0 Å². The molecule has 72 valence electrons. The van der Waals surface area contributed by atoms with Crippen LogP contribution in [0.5, 0.6) is 5.75 Å². The molecule has 0 radical (unpaired) electrons. The first-order valence-electron chi connectivity index (χ1n) is 4.62. The largest absolute Gasteiger partial charge is 0.508 e. The predicted molar refractivity (Wildman–Crippen MR) is 56.9 cm³/mol. The van der Waals surface area contributed by atoms with Gasteiger partial charge in [-0.1, -0.05) is 0 Å². The summed E-state index contributed by atoms with van der Waals surface area (Å²) < 4.78 is 2.04. The third-order valence-electron chi connectivity index (χ3n) is 2.40. The molecule has 0 aliphatic carbocycles. The number of phenolic OH excluding ortho intramolecular Hbond substituents is 1. The Labute approximate surface area is 83.4 Å².